The van der Waals surface area contributed by atoms with Gasteiger partial charge in [0.1, 0.15) is 0 Å². The van der Waals surface area contributed by atoms with Gasteiger partial charge in [-0.1, -0.05) is 12.1 Å². The molecule has 1 aliphatic rings. The summed E-state index contributed by atoms with van der Waals surface area (Å²) in [6, 6.07) is 7.80. The number of primary amides is 1. The number of carbonyl (C=O) groups excluding carboxylic acids is 1. The van der Waals surface area contributed by atoms with Crippen LogP contribution in [-0.2, 0) is 13.1 Å². The van der Waals surface area contributed by atoms with Gasteiger partial charge in [-0.15, -0.1) is 5.10 Å². The normalized spacial score (nSPS) is 13.5. The molecule has 1 radical (unpaired) electrons. The number of carbonyl (C=O) groups is 1. The van der Waals surface area contributed by atoms with Crippen LogP contribution in [0.25, 0.3) is 16.8 Å². The molecule has 0 bridgehead atoms. The van der Waals surface area contributed by atoms with E-state index in [1.165, 1.54) is 11.1 Å². The Morgan fingerprint density at radius 3 is 3.00 bits per heavy atom. The van der Waals surface area contributed by atoms with Crippen LogP contribution in [0.3, 0.4) is 0 Å². The number of nitrogens with zero attached hydrogens (tertiary/aromatic N) is 3. The number of amides is 1. The number of benzene rings is 1. The molecule has 103 valence electrons. The van der Waals surface area contributed by atoms with Crippen LogP contribution in [0.15, 0.2) is 30.5 Å². The minimum absolute atomic E-state index is 0.440. The summed E-state index contributed by atoms with van der Waals surface area (Å²) in [6.07, 6.45) is 4.23. The van der Waals surface area contributed by atoms with E-state index in [1.807, 2.05) is 6.07 Å². The first-order valence-electron chi connectivity index (χ1n) is 6.62. The predicted molar refractivity (Wildman–Crippen MR) is 76.3 cm³/mol. The van der Waals surface area contributed by atoms with E-state index in [0.717, 1.165) is 18.7 Å². The molecule has 6 heteroatoms. The smallest absolute Gasteiger partial charge is 0.249 e. The summed E-state index contributed by atoms with van der Waals surface area (Å²) in [7, 11) is 0. The Morgan fingerprint density at radius 2 is 2.14 bits per heavy atom. The Balaban J connectivity index is 2.02. The molecule has 0 fully saturated rings. The lowest BCUT2D eigenvalue weighted by molar-refractivity contribution is 0.100. The van der Waals surface area contributed by atoms with Gasteiger partial charge in [0.25, 0.3) is 0 Å². The maximum atomic E-state index is 11.7. The van der Waals surface area contributed by atoms with Crippen LogP contribution in [0.5, 0.6) is 0 Å². The fourth-order valence-corrected chi connectivity index (χ4v) is 2.78. The lowest BCUT2D eigenvalue weighted by Crippen LogP contribution is -2.13. The van der Waals surface area contributed by atoms with Gasteiger partial charge in [-0.3, -0.25) is 4.79 Å². The van der Waals surface area contributed by atoms with E-state index in [2.05, 4.69) is 33.9 Å². The van der Waals surface area contributed by atoms with Crippen molar-refractivity contribution in [3.8, 4) is 11.1 Å². The lowest BCUT2D eigenvalue weighted by atomic mass is 9.97. The first-order valence-corrected chi connectivity index (χ1v) is 6.62. The molecule has 6 nitrogen and oxygen atoms in total. The standard InChI is InChI=1S/C15H12N5O/c16-14(21)12-3-4-20-15(18-8-19-20)13(12)9-1-2-10-6-17-7-11(10)5-9/h1-5,17H,6-7H2,(H2,16,21). The van der Waals surface area contributed by atoms with Crippen molar-refractivity contribution >= 4 is 11.6 Å². The number of hydrogen-bond acceptors (Lipinski definition) is 4. The van der Waals surface area contributed by atoms with E-state index < -0.39 is 5.91 Å². The highest BCUT2D eigenvalue weighted by molar-refractivity contribution is 6.03. The number of rotatable bonds is 2. The van der Waals surface area contributed by atoms with Gasteiger partial charge in [0, 0.05) is 24.8 Å². The molecule has 0 atom stereocenters. The zero-order valence-electron chi connectivity index (χ0n) is 11.1. The average molecular weight is 278 g/mol. The Labute approximate surface area is 120 Å². The van der Waals surface area contributed by atoms with Crippen LogP contribution < -0.4 is 11.1 Å². The summed E-state index contributed by atoms with van der Waals surface area (Å²) in [6.45, 7) is 1.71. The van der Waals surface area contributed by atoms with Crippen LogP contribution in [0.4, 0.5) is 0 Å². The monoisotopic (exact) mass is 278 g/mol. The van der Waals surface area contributed by atoms with Crippen molar-refractivity contribution in [3.05, 3.63) is 53.5 Å². The fourth-order valence-electron chi connectivity index (χ4n) is 2.78. The first-order chi connectivity index (χ1) is 10.2. The number of nitrogens with one attached hydrogen (secondary N) is 1. The largest absolute Gasteiger partial charge is 0.366 e. The molecule has 3 heterocycles. The Morgan fingerprint density at radius 1 is 1.29 bits per heavy atom. The molecule has 21 heavy (non-hydrogen) atoms. The molecule has 2 aromatic heterocycles. The van der Waals surface area contributed by atoms with Gasteiger partial charge in [0.2, 0.25) is 12.2 Å². The van der Waals surface area contributed by atoms with Crippen LogP contribution in [-0.4, -0.2) is 20.5 Å². The zero-order valence-corrected chi connectivity index (χ0v) is 11.1. The zero-order chi connectivity index (χ0) is 14.4. The molecule has 0 spiro atoms. The number of hydrogen-bond donors (Lipinski definition) is 2. The summed E-state index contributed by atoms with van der Waals surface area (Å²) in [5, 5.41) is 7.30. The van der Waals surface area contributed by atoms with Crippen LogP contribution in [0.1, 0.15) is 21.5 Å². The quantitative estimate of drug-likeness (QED) is 0.729. The van der Waals surface area contributed by atoms with Crippen LogP contribution in [0, 0.1) is 6.33 Å². The Hall–Kier alpha value is -2.73. The minimum atomic E-state index is -0.478. The second kappa shape index (κ2) is 4.39. The molecular weight excluding hydrogens is 266 g/mol. The molecule has 1 aromatic carbocycles. The summed E-state index contributed by atoms with van der Waals surface area (Å²) in [4.78, 5) is 15.9. The van der Waals surface area contributed by atoms with Crippen molar-refractivity contribution in [1.29, 1.82) is 0 Å². The van der Waals surface area contributed by atoms with E-state index in [-0.39, 0.29) is 0 Å². The molecule has 0 aliphatic carbocycles. The second-order valence-electron chi connectivity index (χ2n) is 5.04. The van der Waals surface area contributed by atoms with Crippen LogP contribution >= 0.6 is 0 Å². The molecular formula is C15H12N5O. The molecule has 1 amide bonds. The van der Waals surface area contributed by atoms with Crippen molar-refractivity contribution in [2.75, 3.05) is 0 Å². The van der Waals surface area contributed by atoms with Gasteiger partial charge in [0.15, 0.2) is 5.65 Å². The molecule has 3 aromatic rings. The molecule has 3 N–H and O–H groups in total. The van der Waals surface area contributed by atoms with Crippen molar-refractivity contribution < 1.29 is 4.79 Å². The maximum absolute atomic E-state index is 11.7. The highest BCUT2D eigenvalue weighted by atomic mass is 16.1. The van der Waals surface area contributed by atoms with Gasteiger partial charge < -0.3 is 11.1 Å². The summed E-state index contributed by atoms with van der Waals surface area (Å²) in [5.41, 5.74) is 10.7. The minimum Gasteiger partial charge on any atom is -0.366 e. The van der Waals surface area contributed by atoms with Gasteiger partial charge in [-0.25, -0.2) is 9.50 Å². The summed E-state index contributed by atoms with van der Waals surface area (Å²) in [5.74, 6) is -0.478. The highest BCUT2D eigenvalue weighted by Crippen LogP contribution is 2.30. The molecule has 0 saturated carbocycles. The summed E-state index contributed by atoms with van der Waals surface area (Å²) >= 11 is 0. The number of nitrogens with two attached hydrogens (primary N) is 1. The molecule has 0 saturated heterocycles. The van der Waals surface area contributed by atoms with Gasteiger partial charge in [0.05, 0.1) is 5.56 Å². The SMILES string of the molecule is NC(=O)c1ccn2n[c]nc2c1-c1ccc2c(c1)CNC2. The summed E-state index contributed by atoms with van der Waals surface area (Å²) < 4.78 is 1.59. The third-order valence-corrected chi connectivity index (χ3v) is 3.79. The van der Waals surface area contributed by atoms with Crippen molar-refractivity contribution in [3.63, 3.8) is 0 Å². The van der Waals surface area contributed by atoms with Gasteiger partial charge in [-0.2, -0.15) is 0 Å². The molecule has 0 unspecified atom stereocenters. The first kappa shape index (κ1) is 12.0. The van der Waals surface area contributed by atoms with E-state index in [9.17, 15) is 4.79 Å². The third kappa shape index (κ3) is 1.80. The third-order valence-electron chi connectivity index (χ3n) is 3.79. The van der Waals surface area contributed by atoms with E-state index in [0.29, 0.717) is 16.8 Å². The van der Waals surface area contributed by atoms with Crippen LogP contribution in [0.2, 0.25) is 0 Å². The Bertz CT molecular complexity index is 868. The predicted octanol–water partition coefficient (Wildman–Crippen LogP) is 0.899. The number of pyridine rings is 1. The van der Waals surface area contributed by atoms with Crippen molar-refractivity contribution in [1.82, 2.24) is 19.9 Å². The second-order valence-corrected chi connectivity index (χ2v) is 5.04. The Kier molecular flexibility index (Phi) is 2.52. The van der Waals surface area contributed by atoms with Gasteiger partial charge in [-0.05, 0) is 28.8 Å². The maximum Gasteiger partial charge on any atom is 0.249 e. The van der Waals surface area contributed by atoms with E-state index in [4.69, 9.17) is 5.73 Å². The average Bonchev–Trinajstić information content (AvgIpc) is 3.13. The number of fused-ring (bicyclic) bond motifs is 2. The van der Waals surface area contributed by atoms with Gasteiger partial charge >= 0.3 is 0 Å². The highest BCUT2D eigenvalue weighted by Gasteiger charge is 2.18. The van der Waals surface area contributed by atoms with E-state index in [1.54, 1.807) is 16.8 Å². The molecule has 4 rings (SSSR count). The lowest BCUT2D eigenvalue weighted by Gasteiger charge is -2.10. The molecule has 1 aliphatic heterocycles. The van der Waals surface area contributed by atoms with E-state index >= 15 is 0 Å². The van der Waals surface area contributed by atoms with Crippen molar-refractivity contribution in [2.24, 2.45) is 5.73 Å². The number of aromatic nitrogens is 3. The van der Waals surface area contributed by atoms with Crippen molar-refractivity contribution in [2.45, 2.75) is 13.1 Å². The topological polar surface area (TPSA) is 85.3 Å². The fraction of sp³-hybridized carbons (Fsp3) is 0.133.